The fourth-order valence-electron chi connectivity index (χ4n) is 8.14. The van der Waals surface area contributed by atoms with Crippen LogP contribution in [0.1, 0.15) is 41.7 Å². The van der Waals surface area contributed by atoms with Crippen molar-refractivity contribution in [3.05, 3.63) is 78.0 Å². The lowest BCUT2D eigenvalue weighted by atomic mass is 9.99. The smallest absolute Gasteiger partial charge is 0.254 e. The topological polar surface area (TPSA) is 91.2 Å². The SMILES string of the molecule is COc1cc(C(=O)N2C[C@H]3CC[C@@H]2[C@@H]3N)cc2nc(-c3cc4ccc(-c5cccc6nc(C)ccc56)cc4n3CC3CC3)n(C)c12. The maximum absolute atomic E-state index is 13.8. The molecule has 0 unspecified atom stereocenters. The maximum atomic E-state index is 13.8. The predicted molar refractivity (Wildman–Crippen MR) is 182 cm³/mol. The fourth-order valence-corrected chi connectivity index (χ4v) is 8.14. The summed E-state index contributed by atoms with van der Waals surface area (Å²) in [6, 6.07) is 23.7. The molecule has 3 fully saturated rings. The summed E-state index contributed by atoms with van der Waals surface area (Å²) in [5.41, 5.74) is 15.4. The van der Waals surface area contributed by atoms with Crippen LogP contribution in [0, 0.1) is 18.8 Å². The molecule has 1 saturated heterocycles. The number of aryl methyl sites for hydroxylation is 2. The van der Waals surface area contributed by atoms with E-state index in [1.165, 1.54) is 34.9 Å². The molecule has 3 atom stereocenters. The van der Waals surface area contributed by atoms with Crippen molar-refractivity contribution in [2.24, 2.45) is 24.6 Å². The van der Waals surface area contributed by atoms with Gasteiger partial charge in [0, 0.05) is 59.8 Å². The molecule has 0 radical (unpaired) electrons. The lowest BCUT2D eigenvalue weighted by Crippen LogP contribution is -2.41. The van der Waals surface area contributed by atoms with E-state index in [9.17, 15) is 4.79 Å². The number of benzene rings is 3. The van der Waals surface area contributed by atoms with E-state index >= 15 is 0 Å². The first-order valence-electron chi connectivity index (χ1n) is 16.5. The summed E-state index contributed by atoms with van der Waals surface area (Å²) in [7, 11) is 3.71. The van der Waals surface area contributed by atoms with E-state index in [1.807, 2.05) is 31.0 Å². The molecule has 3 aliphatic rings. The van der Waals surface area contributed by atoms with Crippen LogP contribution < -0.4 is 10.5 Å². The van der Waals surface area contributed by atoms with Crippen LogP contribution in [-0.2, 0) is 13.6 Å². The second kappa shape index (κ2) is 10.2. The summed E-state index contributed by atoms with van der Waals surface area (Å²) in [6.07, 6.45) is 4.58. The number of nitrogens with zero attached hydrogens (tertiary/aromatic N) is 5. The van der Waals surface area contributed by atoms with Gasteiger partial charge in [-0.2, -0.15) is 0 Å². The third-order valence-corrected chi connectivity index (χ3v) is 10.8. The number of rotatable bonds is 6. The van der Waals surface area contributed by atoms with Crippen LogP contribution in [0.15, 0.2) is 66.7 Å². The molecular formula is C38H38N6O2. The molecule has 2 saturated carbocycles. The van der Waals surface area contributed by atoms with E-state index in [-0.39, 0.29) is 18.0 Å². The number of hydrogen-bond donors (Lipinski definition) is 1. The Kier molecular flexibility index (Phi) is 6.10. The molecule has 0 spiro atoms. The van der Waals surface area contributed by atoms with E-state index in [0.717, 1.165) is 65.1 Å². The van der Waals surface area contributed by atoms with Crippen molar-refractivity contribution in [1.82, 2.24) is 24.0 Å². The zero-order valence-electron chi connectivity index (χ0n) is 26.5. The van der Waals surface area contributed by atoms with Crippen LogP contribution in [0.4, 0.5) is 0 Å². The first kappa shape index (κ1) is 27.6. The van der Waals surface area contributed by atoms with Gasteiger partial charge in [0.15, 0.2) is 5.82 Å². The van der Waals surface area contributed by atoms with Crippen molar-refractivity contribution in [1.29, 1.82) is 0 Å². The Morgan fingerprint density at radius 3 is 2.61 bits per heavy atom. The molecule has 2 aliphatic carbocycles. The molecule has 2 N–H and O–H groups in total. The number of fused-ring (bicyclic) bond motifs is 5. The molecular weight excluding hydrogens is 572 g/mol. The van der Waals surface area contributed by atoms with E-state index in [2.05, 4.69) is 63.7 Å². The van der Waals surface area contributed by atoms with Crippen LogP contribution in [-0.4, -0.2) is 55.6 Å². The number of ether oxygens (including phenoxy) is 1. The van der Waals surface area contributed by atoms with Gasteiger partial charge < -0.3 is 24.5 Å². The van der Waals surface area contributed by atoms with Crippen molar-refractivity contribution in [2.45, 2.75) is 51.2 Å². The van der Waals surface area contributed by atoms with E-state index in [0.29, 0.717) is 23.1 Å². The molecule has 2 bridgehead atoms. The third kappa shape index (κ3) is 4.19. The highest BCUT2D eigenvalue weighted by molar-refractivity contribution is 6.01. The predicted octanol–water partition coefficient (Wildman–Crippen LogP) is 6.70. The van der Waals surface area contributed by atoms with Crippen LogP contribution in [0.5, 0.6) is 5.75 Å². The summed E-state index contributed by atoms with van der Waals surface area (Å²) in [6.45, 7) is 3.71. The Morgan fingerprint density at radius 2 is 1.85 bits per heavy atom. The second-order valence-corrected chi connectivity index (χ2v) is 13.7. The Morgan fingerprint density at radius 1 is 0.978 bits per heavy atom. The molecule has 46 heavy (non-hydrogen) atoms. The highest BCUT2D eigenvalue weighted by Gasteiger charge is 2.47. The van der Waals surface area contributed by atoms with Gasteiger partial charge in [-0.15, -0.1) is 0 Å². The zero-order valence-corrected chi connectivity index (χ0v) is 26.5. The first-order chi connectivity index (χ1) is 22.4. The quantitative estimate of drug-likeness (QED) is 0.227. The summed E-state index contributed by atoms with van der Waals surface area (Å²) < 4.78 is 10.5. The molecule has 8 heteroatoms. The number of likely N-dealkylation sites (tertiary alicyclic amines) is 1. The van der Waals surface area contributed by atoms with E-state index in [4.69, 9.17) is 20.4 Å². The van der Waals surface area contributed by atoms with Crippen molar-refractivity contribution in [3.63, 3.8) is 0 Å². The van der Waals surface area contributed by atoms with Gasteiger partial charge in [-0.1, -0.05) is 30.3 Å². The van der Waals surface area contributed by atoms with Crippen molar-refractivity contribution >= 4 is 38.7 Å². The Hall–Kier alpha value is -4.69. The van der Waals surface area contributed by atoms with Gasteiger partial charge in [-0.05, 0) is 92.0 Å². The summed E-state index contributed by atoms with van der Waals surface area (Å²) in [4.78, 5) is 25.7. The van der Waals surface area contributed by atoms with Gasteiger partial charge in [-0.3, -0.25) is 9.78 Å². The average Bonchev–Trinajstić information content (AvgIpc) is 3.47. The minimum Gasteiger partial charge on any atom is -0.494 e. The summed E-state index contributed by atoms with van der Waals surface area (Å²) in [5.74, 6) is 2.60. The minimum atomic E-state index is 0.0178. The molecule has 232 valence electrons. The normalized spacial score (nSPS) is 20.9. The van der Waals surface area contributed by atoms with Crippen molar-refractivity contribution < 1.29 is 9.53 Å². The van der Waals surface area contributed by atoms with Gasteiger partial charge in [0.1, 0.15) is 11.3 Å². The fraction of sp³-hybridized carbons (Fsp3) is 0.342. The Bertz CT molecular complexity index is 2210. The number of carbonyl (C=O) groups excluding carboxylic acids is 1. The second-order valence-electron chi connectivity index (χ2n) is 13.7. The number of nitrogens with two attached hydrogens (primary N) is 1. The molecule has 3 aromatic heterocycles. The number of piperidine rings is 1. The third-order valence-electron chi connectivity index (χ3n) is 10.8. The standard InChI is InChI=1S/C38H38N6O2/c1-21-7-13-28-27(5-4-6-29(28)40-21)23-10-11-24-17-33(43(32(24)16-23)19-22-8-9-22)37-41-30-15-26(18-34(46-3)36(30)42(37)2)38(45)44-20-25-12-14-31(44)35(25)39/h4-7,10-11,13,15-18,22,25,31,35H,8-9,12,14,19-20,39H2,1-3H3/t25-,31-,35-/m1/s1. The average molecular weight is 611 g/mol. The highest BCUT2D eigenvalue weighted by Crippen LogP contribution is 2.41. The molecule has 3 aromatic carbocycles. The number of aromatic nitrogens is 4. The largest absolute Gasteiger partial charge is 0.494 e. The number of amides is 1. The Labute approximate surface area is 267 Å². The maximum Gasteiger partial charge on any atom is 0.254 e. The molecule has 9 rings (SSSR count). The lowest BCUT2D eigenvalue weighted by Gasteiger charge is -2.27. The monoisotopic (exact) mass is 610 g/mol. The van der Waals surface area contributed by atoms with Gasteiger partial charge in [0.05, 0.1) is 23.8 Å². The molecule has 1 aliphatic heterocycles. The van der Waals surface area contributed by atoms with Gasteiger partial charge in [0.2, 0.25) is 0 Å². The van der Waals surface area contributed by atoms with Crippen LogP contribution in [0.25, 0.3) is 55.5 Å². The molecule has 4 heterocycles. The van der Waals surface area contributed by atoms with Gasteiger partial charge in [-0.25, -0.2) is 4.98 Å². The number of imidazole rings is 1. The van der Waals surface area contributed by atoms with Gasteiger partial charge in [0.25, 0.3) is 5.91 Å². The van der Waals surface area contributed by atoms with Crippen molar-refractivity contribution in [3.8, 4) is 28.4 Å². The van der Waals surface area contributed by atoms with Gasteiger partial charge >= 0.3 is 0 Å². The van der Waals surface area contributed by atoms with Crippen LogP contribution in [0.3, 0.4) is 0 Å². The first-order valence-corrected chi connectivity index (χ1v) is 16.5. The van der Waals surface area contributed by atoms with E-state index < -0.39 is 0 Å². The number of carbonyl (C=O) groups is 1. The van der Waals surface area contributed by atoms with Crippen molar-refractivity contribution in [2.75, 3.05) is 13.7 Å². The number of methoxy groups -OCH3 is 1. The summed E-state index contributed by atoms with van der Waals surface area (Å²) in [5, 5.41) is 2.34. The lowest BCUT2D eigenvalue weighted by molar-refractivity contribution is 0.0700. The number of pyridine rings is 1. The van der Waals surface area contributed by atoms with Crippen LogP contribution in [0.2, 0.25) is 0 Å². The minimum absolute atomic E-state index is 0.0178. The number of hydrogen-bond acceptors (Lipinski definition) is 5. The Balaban J connectivity index is 1.17. The zero-order chi connectivity index (χ0) is 31.3. The molecule has 8 nitrogen and oxygen atoms in total. The molecule has 1 amide bonds. The molecule has 6 aromatic rings. The summed E-state index contributed by atoms with van der Waals surface area (Å²) >= 11 is 0. The van der Waals surface area contributed by atoms with Crippen LogP contribution >= 0.6 is 0 Å². The van der Waals surface area contributed by atoms with E-state index in [1.54, 1.807) is 7.11 Å². The highest BCUT2D eigenvalue weighted by atomic mass is 16.5.